The molecule has 174 valence electrons. The van der Waals surface area contributed by atoms with Gasteiger partial charge in [-0.2, -0.15) is 0 Å². The highest BCUT2D eigenvalue weighted by Gasteiger charge is 2.37. The predicted octanol–water partition coefficient (Wildman–Crippen LogP) is 1.51. The number of nitrogens with one attached hydrogen (secondary N) is 3. The van der Waals surface area contributed by atoms with E-state index in [-0.39, 0.29) is 6.42 Å². The van der Waals surface area contributed by atoms with Crippen LogP contribution in [0.25, 0.3) is 0 Å². The van der Waals surface area contributed by atoms with Crippen LogP contribution < -0.4 is 16.0 Å². The van der Waals surface area contributed by atoms with E-state index in [0.29, 0.717) is 18.7 Å². The number of hydrogen-bond donors (Lipinski definition) is 3. The molecule has 0 aromatic heterocycles. The Morgan fingerprint density at radius 2 is 1.76 bits per heavy atom. The molecule has 0 radical (unpaired) electrons. The molecule has 3 unspecified atom stereocenters. The predicted molar refractivity (Wildman–Crippen MR) is 120 cm³/mol. The van der Waals surface area contributed by atoms with Crippen molar-refractivity contribution in [2.45, 2.75) is 45.1 Å². The molecule has 3 atom stereocenters. The smallest absolute Gasteiger partial charge is 0.313 e. The van der Waals surface area contributed by atoms with Crippen molar-refractivity contribution in [1.82, 2.24) is 10.6 Å². The highest BCUT2D eigenvalue weighted by molar-refractivity contribution is 6.40. The van der Waals surface area contributed by atoms with E-state index in [1.54, 1.807) is 19.1 Å². The molecule has 1 aliphatic heterocycles. The quantitative estimate of drug-likeness (QED) is 0.411. The number of carbonyl (C=O) groups is 4. The SMILES string of the molecule is CCOC1OC(=O)CC1NC(=O)C(C)NC(=O)C(=O)Nc1ccccc1Cc1ccccc1. The Morgan fingerprint density at radius 3 is 2.48 bits per heavy atom. The lowest BCUT2D eigenvalue weighted by molar-refractivity contribution is -0.164. The van der Waals surface area contributed by atoms with Gasteiger partial charge in [0, 0.05) is 12.3 Å². The van der Waals surface area contributed by atoms with E-state index < -0.39 is 42.1 Å². The van der Waals surface area contributed by atoms with Crippen LogP contribution in [-0.4, -0.2) is 48.7 Å². The van der Waals surface area contributed by atoms with Gasteiger partial charge in [0.2, 0.25) is 12.2 Å². The number of cyclic esters (lactones) is 1. The van der Waals surface area contributed by atoms with E-state index in [1.165, 1.54) is 6.92 Å². The topological polar surface area (TPSA) is 123 Å². The van der Waals surface area contributed by atoms with Crippen LogP contribution in [0.4, 0.5) is 5.69 Å². The van der Waals surface area contributed by atoms with Gasteiger partial charge in [-0.05, 0) is 37.5 Å². The van der Waals surface area contributed by atoms with Gasteiger partial charge in [-0.25, -0.2) is 0 Å². The van der Waals surface area contributed by atoms with Crippen molar-refractivity contribution in [2.75, 3.05) is 11.9 Å². The standard InChI is InChI=1S/C24H27N3O6/c1-3-32-24-19(14-20(28)33-24)27-21(29)15(2)25-22(30)23(31)26-18-12-8-7-11-17(18)13-16-9-5-4-6-10-16/h4-12,15,19,24H,3,13-14H2,1-2H3,(H,25,30)(H,26,31)(H,27,29). The second-order valence-electron chi connectivity index (χ2n) is 7.60. The van der Waals surface area contributed by atoms with Crippen molar-refractivity contribution >= 4 is 29.4 Å². The molecule has 0 aliphatic carbocycles. The molecule has 1 fully saturated rings. The number of carbonyl (C=O) groups excluding carboxylic acids is 4. The maximum Gasteiger partial charge on any atom is 0.313 e. The average Bonchev–Trinajstić information content (AvgIpc) is 3.14. The number of hydrogen-bond acceptors (Lipinski definition) is 6. The summed E-state index contributed by atoms with van der Waals surface area (Å²) in [5.74, 6) is -2.88. The lowest BCUT2D eigenvalue weighted by atomic mass is 10.0. The first-order chi connectivity index (χ1) is 15.9. The van der Waals surface area contributed by atoms with Crippen LogP contribution in [0.15, 0.2) is 54.6 Å². The molecule has 1 heterocycles. The Kier molecular flexibility index (Phi) is 8.15. The maximum atomic E-state index is 12.5. The Morgan fingerprint density at radius 1 is 1.06 bits per heavy atom. The number of benzene rings is 2. The summed E-state index contributed by atoms with van der Waals surface area (Å²) in [6, 6.07) is 15.3. The van der Waals surface area contributed by atoms with Gasteiger partial charge in [-0.3, -0.25) is 19.2 Å². The fraction of sp³-hybridized carbons (Fsp3) is 0.333. The molecule has 3 rings (SSSR count). The van der Waals surface area contributed by atoms with Crippen LogP contribution in [0.1, 0.15) is 31.4 Å². The highest BCUT2D eigenvalue weighted by atomic mass is 16.7. The number of esters is 1. The second kappa shape index (κ2) is 11.2. The zero-order valence-electron chi connectivity index (χ0n) is 18.5. The third-order valence-corrected chi connectivity index (χ3v) is 5.07. The van der Waals surface area contributed by atoms with Crippen LogP contribution in [0.2, 0.25) is 0 Å². The van der Waals surface area contributed by atoms with Crippen LogP contribution >= 0.6 is 0 Å². The first-order valence-corrected chi connectivity index (χ1v) is 10.7. The molecular formula is C24H27N3O6. The van der Waals surface area contributed by atoms with Crippen molar-refractivity contribution in [3.8, 4) is 0 Å². The van der Waals surface area contributed by atoms with Gasteiger partial charge in [0.15, 0.2) is 0 Å². The zero-order chi connectivity index (χ0) is 23.8. The Bertz CT molecular complexity index is 1010. The van der Waals surface area contributed by atoms with Gasteiger partial charge >= 0.3 is 17.8 Å². The third kappa shape index (κ3) is 6.63. The van der Waals surface area contributed by atoms with Crippen LogP contribution in [0, 0.1) is 0 Å². The van der Waals surface area contributed by atoms with Gasteiger partial charge in [-0.15, -0.1) is 0 Å². The molecule has 1 aliphatic rings. The summed E-state index contributed by atoms with van der Waals surface area (Å²) >= 11 is 0. The minimum Gasteiger partial charge on any atom is -0.433 e. The highest BCUT2D eigenvalue weighted by Crippen LogP contribution is 2.19. The normalized spacial score (nSPS) is 18.2. The van der Waals surface area contributed by atoms with Crippen molar-refractivity contribution in [2.24, 2.45) is 0 Å². The minimum atomic E-state index is -1.01. The maximum absolute atomic E-state index is 12.5. The lowest BCUT2D eigenvalue weighted by Gasteiger charge is -2.21. The summed E-state index contributed by atoms with van der Waals surface area (Å²) in [7, 11) is 0. The Labute approximate surface area is 191 Å². The molecule has 3 amide bonds. The summed E-state index contributed by atoms with van der Waals surface area (Å²) in [6.45, 7) is 3.49. The largest absolute Gasteiger partial charge is 0.433 e. The number of amides is 3. The number of para-hydroxylation sites is 1. The summed E-state index contributed by atoms with van der Waals surface area (Å²) in [5, 5.41) is 7.60. The molecule has 1 saturated heterocycles. The van der Waals surface area contributed by atoms with Crippen molar-refractivity contribution in [1.29, 1.82) is 0 Å². The fourth-order valence-electron chi connectivity index (χ4n) is 3.40. The molecule has 0 bridgehead atoms. The molecule has 9 heteroatoms. The summed E-state index contributed by atoms with van der Waals surface area (Å²) < 4.78 is 10.3. The fourth-order valence-corrected chi connectivity index (χ4v) is 3.40. The summed E-state index contributed by atoms with van der Waals surface area (Å²) in [5.41, 5.74) is 2.43. The summed E-state index contributed by atoms with van der Waals surface area (Å²) in [6.07, 6.45) is -0.324. The number of anilines is 1. The Balaban J connectivity index is 1.56. The lowest BCUT2D eigenvalue weighted by Crippen LogP contribution is -2.52. The van der Waals surface area contributed by atoms with Crippen LogP contribution in [0.3, 0.4) is 0 Å². The number of rotatable bonds is 8. The van der Waals surface area contributed by atoms with E-state index in [4.69, 9.17) is 9.47 Å². The van der Waals surface area contributed by atoms with Crippen LogP contribution in [0.5, 0.6) is 0 Å². The molecule has 0 spiro atoms. The van der Waals surface area contributed by atoms with E-state index in [1.807, 2.05) is 42.5 Å². The molecule has 9 nitrogen and oxygen atoms in total. The molecule has 33 heavy (non-hydrogen) atoms. The third-order valence-electron chi connectivity index (χ3n) is 5.07. The average molecular weight is 453 g/mol. The van der Waals surface area contributed by atoms with Crippen molar-refractivity contribution in [3.05, 3.63) is 65.7 Å². The van der Waals surface area contributed by atoms with E-state index in [9.17, 15) is 19.2 Å². The van der Waals surface area contributed by atoms with Gasteiger partial charge in [0.1, 0.15) is 12.1 Å². The number of ether oxygens (including phenoxy) is 2. The first-order valence-electron chi connectivity index (χ1n) is 10.7. The minimum absolute atomic E-state index is 0.0320. The monoisotopic (exact) mass is 453 g/mol. The zero-order valence-corrected chi connectivity index (χ0v) is 18.5. The van der Waals surface area contributed by atoms with Crippen molar-refractivity contribution in [3.63, 3.8) is 0 Å². The van der Waals surface area contributed by atoms with Gasteiger partial charge in [-0.1, -0.05) is 48.5 Å². The Hall–Kier alpha value is -3.72. The summed E-state index contributed by atoms with van der Waals surface area (Å²) in [4.78, 5) is 48.8. The van der Waals surface area contributed by atoms with E-state index in [0.717, 1.165) is 11.1 Å². The van der Waals surface area contributed by atoms with E-state index in [2.05, 4.69) is 16.0 Å². The van der Waals surface area contributed by atoms with Gasteiger partial charge in [0.05, 0.1) is 6.42 Å². The molecule has 2 aromatic carbocycles. The first kappa shape index (κ1) is 23.9. The van der Waals surface area contributed by atoms with E-state index >= 15 is 0 Å². The second-order valence-corrected chi connectivity index (χ2v) is 7.60. The molecular weight excluding hydrogens is 426 g/mol. The molecule has 0 saturated carbocycles. The molecule has 3 N–H and O–H groups in total. The van der Waals surface area contributed by atoms with Gasteiger partial charge in [0.25, 0.3) is 0 Å². The molecule has 2 aromatic rings. The van der Waals surface area contributed by atoms with Crippen molar-refractivity contribution < 1.29 is 28.7 Å². The van der Waals surface area contributed by atoms with Gasteiger partial charge < -0.3 is 25.4 Å². The van der Waals surface area contributed by atoms with Crippen LogP contribution in [-0.2, 0) is 35.1 Å².